The lowest BCUT2D eigenvalue weighted by molar-refractivity contribution is -0.122. The van der Waals surface area contributed by atoms with Gasteiger partial charge in [-0.2, -0.15) is 0 Å². The molecule has 0 aliphatic carbocycles. The van der Waals surface area contributed by atoms with Gasteiger partial charge in [-0.05, 0) is 31.8 Å². The highest BCUT2D eigenvalue weighted by Crippen LogP contribution is 2.15. The predicted octanol–water partition coefficient (Wildman–Crippen LogP) is 0.690. The number of hydrogen-bond acceptors (Lipinski definition) is 4. The van der Waals surface area contributed by atoms with Gasteiger partial charge in [0.25, 0.3) is 0 Å². The molecule has 114 valence electrons. The van der Waals surface area contributed by atoms with Crippen molar-refractivity contribution in [2.24, 2.45) is 5.92 Å². The standard InChI is InChI=1S/C16H22N2O3/c19-12-13-6-8-18(9-7-13)11-16(21)17-10-15(20)14-4-2-1-3-5-14/h1-5,13,19H,6-12H2,(H,17,21). The van der Waals surface area contributed by atoms with E-state index in [0.29, 0.717) is 18.0 Å². The maximum atomic E-state index is 11.9. The number of likely N-dealkylation sites (tertiary alicyclic amines) is 1. The van der Waals surface area contributed by atoms with Crippen molar-refractivity contribution in [3.8, 4) is 0 Å². The van der Waals surface area contributed by atoms with Crippen molar-refractivity contribution in [2.45, 2.75) is 12.8 Å². The first kappa shape index (κ1) is 15.7. The number of carbonyl (C=O) groups excluding carboxylic acids is 2. The second-order valence-electron chi connectivity index (χ2n) is 5.47. The van der Waals surface area contributed by atoms with Crippen LogP contribution in [0.3, 0.4) is 0 Å². The predicted molar refractivity (Wildman–Crippen MR) is 80.0 cm³/mol. The van der Waals surface area contributed by atoms with Gasteiger partial charge in [0.05, 0.1) is 13.1 Å². The average molecular weight is 290 g/mol. The van der Waals surface area contributed by atoms with Crippen LogP contribution in [0.1, 0.15) is 23.2 Å². The van der Waals surface area contributed by atoms with E-state index in [1.807, 2.05) is 6.07 Å². The number of ketones is 1. The molecule has 5 heteroatoms. The Morgan fingerprint density at radius 1 is 1.19 bits per heavy atom. The monoisotopic (exact) mass is 290 g/mol. The van der Waals surface area contributed by atoms with E-state index in [1.165, 1.54) is 0 Å². The number of aliphatic hydroxyl groups is 1. The van der Waals surface area contributed by atoms with Crippen molar-refractivity contribution in [1.29, 1.82) is 0 Å². The van der Waals surface area contributed by atoms with Crippen molar-refractivity contribution < 1.29 is 14.7 Å². The molecule has 1 heterocycles. The summed E-state index contributed by atoms with van der Waals surface area (Å²) in [7, 11) is 0. The summed E-state index contributed by atoms with van der Waals surface area (Å²) < 4.78 is 0. The van der Waals surface area contributed by atoms with Crippen molar-refractivity contribution in [2.75, 3.05) is 32.8 Å². The molecule has 2 rings (SSSR count). The van der Waals surface area contributed by atoms with Gasteiger partial charge in [-0.15, -0.1) is 0 Å². The number of nitrogens with one attached hydrogen (secondary N) is 1. The Morgan fingerprint density at radius 3 is 2.48 bits per heavy atom. The molecule has 0 radical (unpaired) electrons. The fourth-order valence-electron chi connectivity index (χ4n) is 2.49. The van der Waals surface area contributed by atoms with E-state index in [0.717, 1.165) is 25.9 Å². The summed E-state index contributed by atoms with van der Waals surface area (Å²) in [4.78, 5) is 25.8. The number of aliphatic hydroxyl groups excluding tert-OH is 1. The van der Waals surface area contributed by atoms with Crippen LogP contribution in [-0.4, -0.2) is 54.5 Å². The molecule has 0 aromatic heterocycles. The smallest absolute Gasteiger partial charge is 0.234 e. The van der Waals surface area contributed by atoms with E-state index in [1.54, 1.807) is 24.3 Å². The molecule has 0 atom stereocenters. The molecule has 1 amide bonds. The van der Waals surface area contributed by atoms with E-state index in [2.05, 4.69) is 10.2 Å². The Bertz CT molecular complexity index is 468. The Morgan fingerprint density at radius 2 is 1.86 bits per heavy atom. The molecule has 1 aliphatic heterocycles. The van der Waals surface area contributed by atoms with Crippen LogP contribution >= 0.6 is 0 Å². The lowest BCUT2D eigenvalue weighted by Gasteiger charge is -2.30. The van der Waals surface area contributed by atoms with Crippen LogP contribution in [0.25, 0.3) is 0 Å². The van der Waals surface area contributed by atoms with Crippen molar-refractivity contribution in [3.05, 3.63) is 35.9 Å². The van der Waals surface area contributed by atoms with E-state index in [4.69, 9.17) is 5.11 Å². The third kappa shape index (κ3) is 4.95. The van der Waals surface area contributed by atoms with Gasteiger partial charge in [0.2, 0.25) is 5.91 Å². The SMILES string of the molecule is O=C(CN1CCC(CO)CC1)NCC(=O)c1ccccc1. The number of Topliss-reactive ketones (excluding diaryl/α,β-unsaturated/α-hetero) is 1. The molecule has 1 aliphatic rings. The Labute approximate surface area is 125 Å². The highest BCUT2D eigenvalue weighted by molar-refractivity contribution is 5.99. The lowest BCUT2D eigenvalue weighted by Crippen LogP contribution is -2.43. The van der Waals surface area contributed by atoms with Gasteiger partial charge in [0.15, 0.2) is 5.78 Å². The number of rotatable bonds is 6. The normalized spacial score (nSPS) is 16.6. The van der Waals surface area contributed by atoms with E-state index in [-0.39, 0.29) is 24.8 Å². The molecule has 2 N–H and O–H groups in total. The zero-order chi connectivity index (χ0) is 15.1. The number of carbonyl (C=O) groups is 2. The van der Waals surface area contributed by atoms with Gasteiger partial charge in [-0.25, -0.2) is 0 Å². The molecule has 21 heavy (non-hydrogen) atoms. The number of nitrogens with zero attached hydrogens (tertiary/aromatic N) is 1. The van der Waals surface area contributed by atoms with Gasteiger partial charge in [-0.1, -0.05) is 30.3 Å². The first-order valence-electron chi connectivity index (χ1n) is 7.37. The number of piperidine rings is 1. The molecule has 0 saturated carbocycles. The number of amides is 1. The zero-order valence-electron chi connectivity index (χ0n) is 12.1. The summed E-state index contributed by atoms with van der Waals surface area (Å²) in [5.74, 6) is 0.161. The minimum atomic E-state index is -0.123. The minimum absolute atomic E-state index is 0.0377. The van der Waals surface area contributed by atoms with Crippen molar-refractivity contribution in [3.63, 3.8) is 0 Å². The molecule has 5 nitrogen and oxygen atoms in total. The van der Waals surface area contributed by atoms with E-state index >= 15 is 0 Å². The van der Waals surface area contributed by atoms with Crippen LogP contribution in [-0.2, 0) is 4.79 Å². The highest BCUT2D eigenvalue weighted by Gasteiger charge is 2.20. The third-order valence-corrected chi connectivity index (χ3v) is 3.87. The molecular weight excluding hydrogens is 268 g/mol. The van der Waals surface area contributed by atoms with Gasteiger partial charge < -0.3 is 10.4 Å². The number of benzene rings is 1. The quantitative estimate of drug-likeness (QED) is 0.756. The first-order valence-corrected chi connectivity index (χ1v) is 7.37. The summed E-state index contributed by atoms with van der Waals surface area (Å²) >= 11 is 0. The van der Waals surface area contributed by atoms with Gasteiger partial charge in [0.1, 0.15) is 0 Å². The summed E-state index contributed by atoms with van der Waals surface area (Å²) in [6.45, 7) is 2.23. The summed E-state index contributed by atoms with van der Waals surface area (Å²) in [6.07, 6.45) is 1.85. The van der Waals surface area contributed by atoms with Crippen molar-refractivity contribution >= 4 is 11.7 Å². The Hall–Kier alpha value is -1.72. The van der Waals surface area contributed by atoms with Crippen LogP contribution in [0, 0.1) is 5.92 Å². The fourth-order valence-corrected chi connectivity index (χ4v) is 2.49. The Kier molecular flexibility index (Phi) is 5.90. The number of hydrogen-bond donors (Lipinski definition) is 2. The summed E-state index contributed by atoms with van der Waals surface area (Å²) in [5, 5.41) is 11.8. The lowest BCUT2D eigenvalue weighted by atomic mass is 9.98. The molecule has 1 aromatic carbocycles. The maximum Gasteiger partial charge on any atom is 0.234 e. The highest BCUT2D eigenvalue weighted by atomic mass is 16.3. The largest absolute Gasteiger partial charge is 0.396 e. The Balaban J connectivity index is 1.69. The molecule has 0 spiro atoms. The average Bonchev–Trinajstić information content (AvgIpc) is 2.54. The van der Waals surface area contributed by atoms with Crippen LogP contribution in [0.5, 0.6) is 0 Å². The van der Waals surface area contributed by atoms with Gasteiger partial charge in [-0.3, -0.25) is 14.5 Å². The maximum absolute atomic E-state index is 11.9. The van der Waals surface area contributed by atoms with Crippen LogP contribution in [0.4, 0.5) is 0 Å². The van der Waals surface area contributed by atoms with Crippen LogP contribution < -0.4 is 5.32 Å². The van der Waals surface area contributed by atoms with Crippen LogP contribution in [0.2, 0.25) is 0 Å². The molecule has 1 aromatic rings. The first-order chi connectivity index (χ1) is 10.2. The second kappa shape index (κ2) is 7.90. The van der Waals surface area contributed by atoms with Gasteiger partial charge in [0, 0.05) is 12.2 Å². The van der Waals surface area contributed by atoms with Crippen LogP contribution in [0.15, 0.2) is 30.3 Å². The third-order valence-electron chi connectivity index (χ3n) is 3.87. The minimum Gasteiger partial charge on any atom is -0.396 e. The van der Waals surface area contributed by atoms with E-state index < -0.39 is 0 Å². The van der Waals surface area contributed by atoms with Gasteiger partial charge >= 0.3 is 0 Å². The van der Waals surface area contributed by atoms with Crippen molar-refractivity contribution in [1.82, 2.24) is 10.2 Å². The molecule has 0 bridgehead atoms. The summed E-state index contributed by atoms with van der Waals surface area (Å²) in [5.41, 5.74) is 0.613. The molecule has 1 saturated heterocycles. The molecular formula is C16H22N2O3. The summed E-state index contributed by atoms with van der Waals surface area (Å²) in [6, 6.07) is 8.95. The second-order valence-corrected chi connectivity index (χ2v) is 5.47. The fraction of sp³-hybridized carbons (Fsp3) is 0.500. The zero-order valence-corrected chi connectivity index (χ0v) is 12.1. The molecule has 1 fully saturated rings. The topological polar surface area (TPSA) is 69.6 Å². The van der Waals surface area contributed by atoms with E-state index in [9.17, 15) is 9.59 Å². The molecule has 0 unspecified atom stereocenters.